The summed E-state index contributed by atoms with van der Waals surface area (Å²) in [5.41, 5.74) is -0.705. The second-order valence-electron chi connectivity index (χ2n) is 5.86. The van der Waals surface area contributed by atoms with Crippen LogP contribution in [0.5, 0.6) is 11.5 Å². The Bertz CT molecular complexity index is 835. The third kappa shape index (κ3) is 3.78. The molecule has 0 saturated carbocycles. The van der Waals surface area contributed by atoms with Crippen molar-refractivity contribution in [2.45, 2.75) is 23.8 Å². The molecule has 0 bridgehead atoms. The van der Waals surface area contributed by atoms with Gasteiger partial charge in [-0.2, -0.15) is 0 Å². The summed E-state index contributed by atoms with van der Waals surface area (Å²) in [7, 11) is -3.74. The third-order valence-electron chi connectivity index (χ3n) is 4.16. The summed E-state index contributed by atoms with van der Waals surface area (Å²) in [6.45, 7) is 2.58. The number of benzene rings is 2. The second kappa shape index (κ2) is 7.03. The SMILES string of the molecule is CCOc1ccc(S(=O)(=O)NCC2(O)CCOc3ccccc32)cc1. The fraction of sp³-hybridized carbons (Fsp3) is 0.333. The molecule has 0 spiro atoms. The lowest BCUT2D eigenvalue weighted by Crippen LogP contribution is -2.43. The van der Waals surface area contributed by atoms with Gasteiger partial charge >= 0.3 is 0 Å². The average Bonchev–Trinajstić information content (AvgIpc) is 2.62. The van der Waals surface area contributed by atoms with E-state index in [4.69, 9.17) is 9.47 Å². The van der Waals surface area contributed by atoms with Crippen molar-refractivity contribution in [2.75, 3.05) is 19.8 Å². The number of hydrogen-bond acceptors (Lipinski definition) is 5. The zero-order chi connectivity index (χ0) is 17.9. The molecule has 6 nitrogen and oxygen atoms in total. The Morgan fingerprint density at radius 2 is 1.92 bits per heavy atom. The third-order valence-corrected chi connectivity index (χ3v) is 5.58. The van der Waals surface area contributed by atoms with E-state index in [0.717, 1.165) is 0 Å². The lowest BCUT2D eigenvalue weighted by atomic mass is 9.88. The van der Waals surface area contributed by atoms with E-state index < -0.39 is 15.6 Å². The Hall–Kier alpha value is -2.09. The van der Waals surface area contributed by atoms with Gasteiger partial charge in [0.05, 0.1) is 18.1 Å². The van der Waals surface area contributed by atoms with Crippen molar-refractivity contribution in [1.29, 1.82) is 0 Å². The number of para-hydroxylation sites is 1. The van der Waals surface area contributed by atoms with Gasteiger partial charge in [0.2, 0.25) is 10.0 Å². The van der Waals surface area contributed by atoms with E-state index in [1.54, 1.807) is 30.3 Å². The van der Waals surface area contributed by atoms with Gasteiger partial charge in [-0.3, -0.25) is 0 Å². The molecule has 134 valence electrons. The minimum absolute atomic E-state index is 0.122. The molecule has 3 rings (SSSR count). The number of ether oxygens (including phenoxy) is 2. The quantitative estimate of drug-likeness (QED) is 0.820. The molecule has 1 aliphatic heterocycles. The molecule has 1 unspecified atom stereocenters. The van der Waals surface area contributed by atoms with Crippen LogP contribution in [0.1, 0.15) is 18.9 Å². The van der Waals surface area contributed by atoms with Crippen molar-refractivity contribution < 1.29 is 23.0 Å². The summed E-state index contributed by atoms with van der Waals surface area (Å²) in [6, 6.07) is 13.3. The summed E-state index contributed by atoms with van der Waals surface area (Å²) >= 11 is 0. The number of hydrogen-bond donors (Lipinski definition) is 2. The maximum absolute atomic E-state index is 12.5. The molecule has 25 heavy (non-hydrogen) atoms. The molecule has 2 N–H and O–H groups in total. The Kier molecular flexibility index (Phi) is 4.99. The summed E-state index contributed by atoms with van der Waals surface area (Å²) in [6.07, 6.45) is 0.315. The number of nitrogens with one attached hydrogen (secondary N) is 1. The van der Waals surface area contributed by atoms with E-state index in [1.165, 1.54) is 12.1 Å². The zero-order valence-corrected chi connectivity index (χ0v) is 14.8. The van der Waals surface area contributed by atoms with E-state index in [0.29, 0.717) is 36.7 Å². The number of aliphatic hydroxyl groups is 1. The molecule has 0 fully saturated rings. The minimum Gasteiger partial charge on any atom is -0.494 e. The van der Waals surface area contributed by atoms with Crippen LogP contribution in [0.3, 0.4) is 0 Å². The van der Waals surface area contributed by atoms with Crippen LogP contribution in [0.15, 0.2) is 53.4 Å². The van der Waals surface area contributed by atoms with E-state index in [-0.39, 0.29) is 11.4 Å². The van der Waals surface area contributed by atoms with Crippen molar-refractivity contribution in [3.8, 4) is 11.5 Å². The van der Waals surface area contributed by atoms with Crippen LogP contribution in [0, 0.1) is 0 Å². The van der Waals surface area contributed by atoms with E-state index in [2.05, 4.69) is 4.72 Å². The lowest BCUT2D eigenvalue weighted by Gasteiger charge is -2.34. The van der Waals surface area contributed by atoms with Crippen LogP contribution >= 0.6 is 0 Å². The summed E-state index contributed by atoms with van der Waals surface area (Å²) in [4.78, 5) is 0.125. The first-order valence-corrected chi connectivity index (χ1v) is 9.60. The summed E-state index contributed by atoms with van der Waals surface area (Å²) in [5.74, 6) is 1.19. The molecule has 0 saturated heterocycles. The molecular weight excluding hydrogens is 342 g/mol. The zero-order valence-electron chi connectivity index (χ0n) is 13.9. The van der Waals surface area contributed by atoms with Crippen LogP contribution in [-0.4, -0.2) is 33.3 Å². The highest BCUT2D eigenvalue weighted by molar-refractivity contribution is 7.89. The minimum atomic E-state index is -3.74. The molecule has 1 atom stereocenters. The van der Waals surface area contributed by atoms with Gasteiger partial charge in [0.15, 0.2) is 0 Å². The Morgan fingerprint density at radius 3 is 2.64 bits per heavy atom. The number of rotatable bonds is 6. The molecule has 1 aliphatic rings. The molecule has 1 heterocycles. The van der Waals surface area contributed by atoms with Crippen LogP contribution in [0.2, 0.25) is 0 Å². The van der Waals surface area contributed by atoms with E-state index >= 15 is 0 Å². The molecule has 7 heteroatoms. The highest BCUT2D eigenvalue weighted by atomic mass is 32.2. The van der Waals surface area contributed by atoms with E-state index in [1.807, 2.05) is 13.0 Å². The monoisotopic (exact) mass is 363 g/mol. The second-order valence-corrected chi connectivity index (χ2v) is 7.62. The molecule has 0 aliphatic carbocycles. The van der Waals surface area contributed by atoms with Crippen LogP contribution < -0.4 is 14.2 Å². The first-order valence-electron chi connectivity index (χ1n) is 8.12. The van der Waals surface area contributed by atoms with Crippen LogP contribution in [-0.2, 0) is 15.6 Å². The highest BCUT2D eigenvalue weighted by Crippen LogP contribution is 2.36. The largest absolute Gasteiger partial charge is 0.494 e. The van der Waals surface area contributed by atoms with Gasteiger partial charge in [-0.25, -0.2) is 13.1 Å². The fourth-order valence-corrected chi connectivity index (χ4v) is 3.89. The first-order chi connectivity index (χ1) is 11.9. The van der Waals surface area contributed by atoms with Gasteiger partial charge in [-0.05, 0) is 37.3 Å². The molecule has 2 aromatic rings. The standard InChI is InChI=1S/C18H21NO5S/c1-2-23-14-7-9-15(10-8-14)25(21,22)19-13-18(20)11-12-24-17-6-4-3-5-16(17)18/h3-10,19-20H,2,11-13H2,1H3. The Labute approximate surface area is 147 Å². The van der Waals surface area contributed by atoms with Crippen molar-refractivity contribution in [2.24, 2.45) is 0 Å². The smallest absolute Gasteiger partial charge is 0.240 e. The van der Waals surface area contributed by atoms with Gasteiger partial charge in [0.1, 0.15) is 17.1 Å². The van der Waals surface area contributed by atoms with Gasteiger partial charge in [-0.1, -0.05) is 18.2 Å². The maximum Gasteiger partial charge on any atom is 0.240 e. The molecular formula is C18H21NO5S. The van der Waals surface area contributed by atoms with Crippen LogP contribution in [0.25, 0.3) is 0 Å². The molecule has 2 aromatic carbocycles. The topological polar surface area (TPSA) is 84.9 Å². The van der Waals surface area contributed by atoms with E-state index in [9.17, 15) is 13.5 Å². The van der Waals surface area contributed by atoms with Crippen molar-refractivity contribution in [1.82, 2.24) is 4.72 Å². The normalized spacial score (nSPS) is 19.8. The summed E-state index contributed by atoms with van der Waals surface area (Å²) in [5, 5.41) is 10.9. The van der Waals surface area contributed by atoms with Crippen molar-refractivity contribution in [3.63, 3.8) is 0 Å². The molecule has 0 aromatic heterocycles. The van der Waals surface area contributed by atoms with Crippen molar-refractivity contribution in [3.05, 3.63) is 54.1 Å². The average molecular weight is 363 g/mol. The van der Waals surface area contributed by atoms with Gasteiger partial charge in [-0.15, -0.1) is 0 Å². The number of sulfonamides is 1. The lowest BCUT2D eigenvalue weighted by molar-refractivity contribution is 0.00219. The maximum atomic E-state index is 12.5. The van der Waals surface area contributed by atoms with Gasteiger partial charge < -0.3 is 14.6 Å². The Morgan fingerprint density at radius 1 is 1.20 bits per heavy atom. The Balaban J connectivity index is 1.76. The predicted molar refractivity (Wildman–Crippen MR) is 93.3 cm³/mol. The highest BCUT2D eigenvalue weighted by Gasteiger charge is 2.36. The van der Waals surface area contributed by atoms with Gasteiger partial charge in [0, 0.05) is 18.5 Å². The van der Waals surface area contributed by atoms with Gasteiger partial charge in [0.25, 0.3) is 0 Å². The fourth-order valence-electron chi connectivity index (χ4n) is 2.80. The van der Waals surface area contributed by atoms with Crippen molar-refractivity contribution >= 4 is 10.0 Å². The summed E-state index contributed by atoms with van der Waals surface area (Å²) < 4.78 is 38.3. The first kappa shape index (κ1) is 17.7. The predicted octanol–water partition coefficient (Wildman–Crippen LogP) is 2.03. The molecule has 0 radical (unpaired) electrons. The molecule has 0 amide bonds. The number of fused-ring (bicyclic) bond motifs is 1. The van der Waals surface area contributed by atoms with Crippen LogP contribution in [0.4, 0.5) is 0 Å².